The Morgan fingerprint density at radius 2 is 1.96 bits per heavy atom. The third-order valence-electron chi connectivity index (χ3n) is 4.13. The van der Waals surface area contributed by atoms with Crippen molar-refractivity contribution in [3.63, 3.8) is 0 Å². The van der Waals surface area contributed by atoms with Gasteiger partial charge in [0.05, 0.1) is 19.3 Å². The minimum atomic E-state index is -0.0539. The Morgan fingerprint density at radius 3 is 2.60 bits per heavy atom. The molecular formula is C19H31N3O3. The Labute approximate surface area is 151 Å². The van der Waals surface area contributed by atoms with E-state index in [-0.39, 0.29) is 12.1 Å². The minimum Gasteiger partial charge on any atom is -0.379 e. The van der Waals surface area contributed by atoms with Crippen molar-refractivity contribution in [3.8, 4) is 0 Å². The van der Waals surface area contributed by atoms with E-state index in [0.717, 1.165) is 38.3 Å². The van der Waals surface area contributed by atoms with E-state index in [4.69, 9.17) is 9.47 Å². The molecule has 0 atom stereocenters. The van der Waals surface area contributed by atoms with Gasteiger partial charge in [-0.1, -0.05) is 12.1 Å². The maximum atomic E-state index is 12.1. The first-order chi connectivity index (χ1) is 12.1. The van der Waals surface area contributed by atoms with E-state index in [1.54, 1.807) is 4.90 Å². The standard InChI is InChI=1S/C19H31N3O3/c1-16(2)25-12-4-9-20-19(23)21(3)15-17-5-7-18(8-6-17)22-10-13-24-14-11-22/h5-8,16H,4,9-15H2,1-3H3,(H,20,23). The molecule has 0 spiro atoms. The highest BCUT2D eigenvalue weighted by Crippen LogP contribution is 2.17. The molecule has 2 rings (SSSR count). The number of urea groups is 1. The molecule has 0 unspecified atom stereocenters. The summed E-state index contributed by atoms with van der Waals surface area (Å²) in [5.74, 6) is 0. The number of benzene rings is 1. The normalized spacial score (nSPS) is 14.6. The Balaban J connectivity index is 1.72. The highest BCUT2D eigenvalue weighted by molar-refractivity contribution is 5.73. The van der Waals surface area contributed by atoms with Crippen LogP contribution in [0.1, 0.15) is 25.8 Å². The lowest BCUT2D eigenvalue weighted by Crippen LogP contribution is -2.37. The summed E-state index contributed by atoms with van der Waals surface area (Å²) in [5, 5.41) is 2.92. The first kappa shape index (κ1) is 19.5. The van der Waals surface area contributed by atoms with Gasteiger partial charge in [-0.15, -0.1) is 0 Å². The summed E-state index contributed by atoms with van der Waals surface area (Å²) < 4.78 is 10.8. The fraction of sp³-hybridized carbons (Fsp3) is 0.632. The van der Waals surface area contributed by atoms with Crippen LogP contribution in [-0.2, 0) is 16.0 Å². The zero-order valence-corrected chi connectivity index (χ0v) is 15.7. The number of morpholine rings is 1. The van der Waals surface area contributed by atoms with Gasteiger partial charge in [0, 0.05) is 45.5 Å². The SMILES string of the molecule is CC(C)OCCCNC(=O)N(C)Cc1ccc(N2CCOCC2)cc1. The van der Waals surface area contributed by atoms with Gasteiger partial charge in [0.25, 0.3) is 0 Å². The molecule has 1 aromatic carbocycles. The molecule has 0 bridgehead atoms. The molecule has 0 aromatic heterocycles. The van der Waals surface area contributed by atoms with Crippen LogP contribution in [-0.4, -0.2) is 63.5 Å². The largest absolute Gasteiger partial charge is 0.379 e. The van der Waals surface area contributed by atoms with Crippen LogP contribution in [0, 0.1) is 0 Å². The number of hydrogen-bond acceptors (Lipinski definition) is 4. The molecule has 6 heteroatoms. The van der Waals surface area contributed by atoms with E-state index in [1.165, 1.54) is 5.69 Å². The summed E-state index contributed by atoms with van der Waals surface area (Å²) in [5.41, 5.74) is 2.34. The van der Waals surface area contributed by atoms with Crippen LogP contribution in [0.3, 0.4) is 0 Å². The van der Waals surface area contributed by atoms with Crippen LogP contribution in [0.25, 0.3) is 0 Å². The van der Waals surface area contributed by atoms with Crippen molar-refractivity contribution in [2.75, 3.05) is 51.4 Å². The van der Waals surface area contributed by atoms with E-state index < -0.39 is 0 Å². The number of rotatable bonds is 8. The maximum absolute atomic E-state index is 12.1. The second kappa shape index (κ2) is 10.3. The third-order valence-corrected chi connectivity index (χ3v) is 4.13. The van der Waals surface area contributed by atoms with Gasteiger partial charge in [0.1, 0.15) is 0 Å². The number of ether oxygens (including phenoxy) is 2. The summed E-state index contributed by atoms with van der Waals surface area (Å²) in [6.07, 6.45) is 1.06. The predicted molar refractivity (Wildman–Crippen MR) is 100 cm³/mol. The van der Waals surface area contributed by atoms with Crippen LogP contribution in [0.2, 0.25) is 0 Å². The molecule has 1 aromatic rings. The van der Waals surface area contributed by atoms with Gasteiger partial charge in [0.2, 0.25) is 0 Å². The highest BCUT2D eigenvalue weighted by Gasteiger charge is 2.12. The number of nitrogens with one attached hydrogen (secondary N) is 1. The van der Waals surface area contributed by atoms with Gasteiger partial charge >= 0.3 is 6.03 Å². The molecule has 0 aliphatic carbocycles. The molecule has 1 N–H and O–H groups in total. The van der Waals surface area contributed by atoms with Crippen LogP contribution < -0.4 is 10.2 Å². The topological polar surface area (TPSA) is 54.0 Å². The lowest BCUT2D eigenvalue weighted by molar-refractivity contribution is 0.0772. The van der Waals surface area contributed by atoms with E-state index in [1.807, 2.05) is 20.9 Å². The van der Waals surface area contributed by atoms with Crippen molar-refractivity contribution in [3.05, 3.63) is 29.8 Å². The number of anilines is 1. The Kier molecular flexibility index (Phi) is 8.01. The summed E-state index contributed by atoms with van der Waals surface area (Å²) in [7, 11) is 1.82. The minimum absolute atomic E-state index is 0.0539. The monoisotopic (exact) mass is 349 g/mol. The fourth-order valence-corrected chi connectivity index (χ4v) is 2.70. The summed E-state index contributed by atoms with van der Waals surface area (Å²) >= 11 is 0. The average molecular weight is 349 g/mol. The van der Waals surface area contributed by atoms with Crippen molar-refractivity contribution >= 4 is 11.7 Å². The van der Waals surface area contributed by atoms with Gasteiger partial charge in [-0.3, -0.25) is 0 Å². The Hall–Kier alpha value is -1.79. The van der Waals surface area contributed by atoms with Gasteiger partial charge < -0.3 is 24.6 Å². The number of nitrogens with zero attached hydrogens (tertiary/aromatic N) is 2. The molecule has 25 heavy (non-hydrogen) atoms. The van der Waals surface area contributed by atoms with Crippen LogP contribution in [0.4, 0.5) is 10.5 Å². The number of carbonyl (C=O) groups excluding carboxylic acids is 1. The zero-order chi connectivity index (χ0) is 18.1. The second-order valence-corrected chi connectivity index (χ2v) is 6.63. The van der Waals surface area contributed by atoms with Gasteiger partial charge in [-0.25, -0.2) is 4.79 Å². The summed E-state index contributed by atoms with van der Waals surface area (Å²) in [6, 6.07) is 8.36. The van der Waals surface area contributed by atoms with E-state index in [9.17, 15) is 4.79 Å². The summed E-state index contributed by atoms with van der Waals surface area (Å²) in [4.78, 5) is 16.1. The molecule has 1 aliphatic heterocycles. The van der Waals surface area contributed by atoms with Crippen LogP contribution in [0.15, 0.2) is 24.3 Å². The van der Waals surface area contributed by atoms with Gasteiger partial charge in [0.15, 0.2) is 0 Å². The number of hydrogen-bond donors (Lipinski definition) is 1. The molecular weight excluding hydrogens is 318 g/mol. The molecule has 2 amide bonds. The smallest absolute Gasteiger partial charge is 0.317 e. The van der Waals surface area contributed by atoms with Crippen molar-refractivity contribution < 1.29 is 14.3 Å². The molecule has 1 fully saturated rings. The maximum Gasteiger partial charge on any atom is 0.317 e. The lowest BCUT2D eigenvalue weighted by atomic mass is 10.2. The molecule has 0 saturated carbocycles. The summed E-state index contributed by atoms with van der Waals surface area (Å²) in [6.45, 7) is 9.35. The van der Waals surface area contributed by atoms with Crippen molar-refractivity contribution in [2.45, 2.75) is 32.9 Å². The van der Waals surface area contributed by atoms with Gasteiger partial charge in [-0.2, -0.15) is 0 Å². The lowest BCUT2D eigenvalue weighted by Gasteiger charge is -2.29. The third kappa shape index (κ3) is 6.92. The molecule has 1 heterocycles. The van der Waals surface area contributed by atoms with E-state index in [2.05, 4.69) is 34.5 Å². The van der Waals surface area contributed by atoms with Crippen LogP contribution >= 0.6 is 0 Å². The molecule has 140 valence electrons. The first-order valence-electron chi connectivity index (χ1n) is 9.08. The quantitative estimate of drug-likeness (QED) is 0.733. The second-order valence-electron chi connectivity index (χ2n) is 6.63. The first-order valence-corrected chi connectivity index (χ1v) is 9.08. The molecule has 6 nitrogen and oxygen atoms in total. The molecule has 1 saturated heterocycles. The number of amides is 2. The average Bonchev–Trinajstić information content (AvgIpc) is 2.62. The molecule has 1 aliphatic rings. The van der Waals surface area contributed by atoms with Crippen molar-refractivity contribution in [1.82, 2.24) is 10.2 Å². The zero-order valence-electron chi connectivity index (χ0n) is 15.7. The van der Waals surface area contributed by atoms with E-state index >= 15 is 0 Å². The van der Waals surface area contributed by atoms with E-state index in [0.29, 0.717) is 19.7 Å². The Bertz CT molecular complexity index is 513. The van der Waals surface area contributed by atoms with Crippen molar-refractivity contribution in [1.29, 1.82) is 0 Å². The number of carbonyl (C=O) groups is 1. The Morgan fingerprint density at radius 1 is 1.28 bits per heavy atom. The molecule has 0 radical (unpaired) electrons. The highest BCUT2D eigenvalue weighted by atomic mass is 16.5. The fourth-order valence-electron chi connectivity index (χ4n) is 2.70. The van der Waals surface area contributed by atoms with Crippen molar-refractivity contribution in [2.24, 2.45) is 0 Å². The van der Waals surface area contributed by atoms with Crippen LogP contribution in [0.5, 0.6) is 0 Å². The van der Waals surface area contributed by atoms with Gasteiger partial charge in [-0.05, 0) is 38.0 Å². The predicted octanol–water partition coefficient (Wildman–Crippen LogP) is 2.48.